The van der Waals surface area contributed by atoms with Crippen LogP contribution in [0, 0.1) is 0 Å². The highest BCUT2D eigenvalue weighted by Crippen LogP contribution is 1.94. The van der Waals surface area contributed by atoms with E-state index < -0.39 is 5.50 Å². The minimum absolute atomic E-state index is 0. The first-order valence-electron chi connectivity index (χ1n) is 2.72. The number of rotatable bonds is 3. The molecule has 0 aliphatic heterocycles. The van der Waals surface area contributed by atoms with Crippen LogP contribution in [0.5, 0.6) is 0 Å². The van der Waals surface area contributed by atoms with Gasteiger partial charge in [-0.25, -0.2) is 0 Å². The van der Waals surface area contributed by atoms with Gasteiger partial charge in [0.2, 0.25) is 0 Å². The molecule has 0 heterocycles. The van der Waals surface area contributed by atoms with E-state index in [2.05, 4.69) is 4.74 Å². The Labute approximate surface area is 71.3 Å². The van der Waals surface area contributed by atoms with Gasteiger partial charge in [-0.3, -0.25) is 4.79 Å². The van der Waals surface area contributed by atoms with Crippen molar-refractivity contribution in [1.29, 1.82) is 0 Å². The lowest BCUT2D eigenvalue weighted by molar-refractivity contribution is -0.143. The Hall–Kier alpha value is 0.01000. The molecule has 0 aromatic heterocycles. The average molecular weight is 188 g/mol. The first-order valence-corrected chi connectivity index (χ1v) is 3.15. The Kier molecular flexibility index (Phi) is 9.02. The molecule has 0 aliphatic carbocycles. The topological polar surface area (TPSA) is 52.3 Å². The molecule has 62 valence electrons. The van der Waals surface area contributed by atoms with Crippen LogP contribution in [-0.2, 0) is 9.53 Å². The van der Waals surface area contributed by atoms with Crippen LogP contribution >= 0.6 is 24.0 Å². The predicted molar refractivity (Wildman–Crippen MR) is 42.3 cm³/mol. The van der Waals surface area contributed by atoms with Crippen LogP contribution in [0.1, 0.15) is 13.3 Å². The van der Waals surface area contributed by atoms with Crippen LogP contribution in [0.2, 0.25) is 0 Å². The maximum Gasteiger partial charge on any atom is 0.308 e. The number of hydrogen-bond donors (Lipinski definition) is 1. The number of carbonyl (C=O) groups is 1. The zero-order chi connectivity index (χ0) is 7.28. The normalized spacial score (nSPS) is 11.5. The van der Waals surface area contributed by atoms with E-state index in [0.29, 0.717) is 6.61 Å². The summed E-state index contributed by atoms with van der Waals surface area (Å²) >= 11 is 5.29. The largest absolute Gasteiger partial charge is 0.466 e. The molecular weight excluding hydrogens is 177 g/mol. The highest BCUT2D eigenvalue weighted by molar-refractivity contribution is 6.21. The lowest BCUT2D eigenvalue weighted by atomic mass is 10.4. The summed E-state index contributed by atoms with van der Waals surface area (Å²) in [6.45, 7) is 2.11. The fraction of sp³-hybridized carbons (Fsp3) is 0.800. The zero-order valence-corrected chi connectivity index (χ0v) is 7.24. The molecule has 0 amide bonds. The van der Waals surface area contributed by atoms with Crippen LogP contribution in [0.4, 0.5) is 0 Å². The van der Waals surface area contributed by atoms with Gasteiger partial charge in [0.1, 0.15) is 0 Å². The van der Waals surface area contributed by atoms with Gasteiger partial charge in [0.25, 0.3) is 0 Å². The highest BCUT2D eigenvalue weighted by Gasteiger charge is 2.05. The molecule has 0 fully saturated rings. The molecule has 0 aromatic carbocycles. The maximum absolute atomic E-state index is 10.5. The quantitative estimate of drug-likeness (QED) is 0.406. The summed E-state index contributed by atoms with van der Waals surface area (Å²) in [5, 5.41) is 0. The first-order chi connectivity index (χ1) is 4.16. The van der Waals surface area contributed by atoms with Crippen LogP contribution in [0.15, 0.2) is 0 Å². The van der Waals surface area contributed by atoms with Crippen molar-refractivity contribution in [3.05, 3.63) is 0 Å². The summed E-state index contributed by atoms with van der Waals surface area (Å²) < 4.78 is 4.55. The molecule has 1 unspecified atom stereocenters. The molecule has 2 N–H and O–H groups in total. The monoisotopic (exact) mass is 187 g/mol. The first kappa shape index (κ1) is 12.7. The summed E-state index contributed by atoms with van der Waals surface area (Å²) in [5.74, 6) is -0.347. The molecule has 3 nitrogen and oxygen atoms in total. The second-order valence-electron chi connectivity index (χ2n) is 1.53. The maximum atomic E-state index is 10.5. The van der Waals surface area contributed by atoms with Crippen molar-refractivity contribution in [3.8, 4) is 0 Å². The van der Waals surface area contributed by atoms with Gasteiger partial charge < -0.3 is 10.5 Å². The van der Waals surface area contributed by atoms with E-state index in [0.717, 1.165) is 0 Å². The molecule has 0 bridgehead atoms. The summed E-state index contributed by atoms with van der Waals surface area (Å²) in [6, 6.07) is 0. The number of halogens is 2. The highest BCUT2D eigenvalue weighted by atomic mass is 35.5. The molecule has 0 radical (unpaired) electrons. The molecule has 5 heteroatoms. The van der Waals surface area contributed by atoms with E-state index in [4.69, 9.17) is 17.3 Å². The number of nitrogens with two attached hydrogens (primary N) is 1. The fourth-order valence-corrected chi connectivity index (χ4v) is 0.505. The second kappa shape index (κ2) is 7.12. The Morgan fingerprint density at radius 2 is 2.30 bits per heavy atom. The Morgan fingerprint density at radius 3 is 2.60 bits per heavy atom. The Balaban J connectivity index is 0. The molecule has 0 saturated heterocycles. The van der Waals surface area contributed by atoms with E-state index >= 15 is 0 Å². The van der Waals surface area contributed by atoms with Gasteiger partial charge in [0, 0.05) is 0 Å². The number of alkyl halides is 1. The minimum atomic E-state index is -0.621. The minimum Gasteiger partial charge on any atom is -0.466 e. The summed E-state index contributed by atoms with van der Waals surface area (Å²) in [4.78, 5) is 10.5. The van der Waals surface area contributed by atoms with Gasteiger partial charge in [-0.15, -0.1) is 24.0 Å². The third kappa shape index (κ3) is 8.01. The summed E-state index contributed by atoms with van der Waals surface area (Å²) in [5.41, 5.74) is 4.47. The lowest BCUT2D eigenvalue weighted by Gasteiger charge is -2.01. The van der Waals surface area contributed by atoms with Crippen LogP contribution in [-0.4, -0.2) is 18.1 Å². The number of hydrogen-bond acceptors (Lipinski definition) is 3. The molecular formula is C5H11Cl2NO2. The molecule has 0 aliphatic rings. The van der Waals surface area contributed by atoms with Crippen molar-refractivity contribution in [2.24, 2.45) is 5.73 Å². The number of ether oxygens (including phenoxy) is 1. The predicted octanol–water partition coefficient (Wildman–Crippen LogP) is 0.885. The van der Waals surface area contributed by atoms with Gasteiger partial charge >= 0.3 is 5.97 Å². The molecule has 0 saturated carbocycles. The second-order valence-corrected chi connectivity index (χ2v) is 2.09. The van der Waals surface area contributed by atoms with Crippen molar-refractivity contribution in [2.75, 3.05) is 6.61 Å². The standard InChI is InChI=1S/C5H10ClNO2.ClH/c1-2-9-5(8)3-4(6)7;/h4H,2-3,7H2,1H3;1H. The van der Waals surface area contributed by atoms with E-state index in [1.54, 1.807) is 6.92 Å². The zero-order valence-electron chi connectivity index (χ0n) is 5.67. The van der Waals surface area contributed by atoms with Gasteiger partial charge in [-0.1, -0.05) is 0 Å². The van der Waals surface area contributed by atoms with Gasteiger partial charge in [0.15, 0.2) is 0 Å². The van der Waals surface area contributed by atoms with Gasteiger partial charge in [-0.05, 0) is 6.92 Å². The summed E-state index contributed by atoms with van der Waals surface area (Å²) in [6.07, 6.45) is 0.0788. The summed E-state index contributed by atoms with van der Waals surface area (Å²) in [7, 11) is 0. The van der Waals surface area contributed by atoms with E-state index in [9.17, 15) is 4.79 Å². The third-order valence-corrected chi connectivity index (χ3v) is 0.821. The van der Waals surface area contributed by atoms with E-state index in [1.165, 1.54) is 0 Å². The van der Waals surface area contributed by atoms with E-state index in [1.807, 2.05) is 0 Å². The van der Waals surface area contributed by atoms with Crippen LogP contribution < -0.4 is 5.73 Å². The molecule has 1 atom stereocenters. The molecule has 10 heavy (non-hydrogen) atoms. The molecule has 0 rings (SSSR count). The van der Waals surface area contributed by atoms with Crippen LogP contribution in [0.25, 0.3) is 0 Å². The smallest absolute Gasteiger partial charge is 0.308 e. The fourth-order valence-electron chi connectivity index (χ4n) is 0.379. The molecule has 0 aromatic rings. The Bertz CT molecular complexity index is 97.6. The lowest BCUT2D eigenvalue weighted by Crippen LogP contribution is -2.18. The van der Waals surface area contributed by atoms with Crippen molar-refractivity contribution in [3.63, 3.8) is 0 Å². The number of carbonyl (C=O) groups excluding carboxylic acids is 1. The van der Waals surface area contributed by atoms with Crippen molar-refractivity contribution >= 4 is 30.0 Å². The van der Waals surface area contributed by atoms with Crippen molar-refractivity contribution in [2.45, 2.75) is 18.8 Å². The van der Waals surface area contributed by atoms with Gasteiger partial charge in [0.05, 0.1) is 18.5 Å². The van der Waals surface area contributed by atoms with Crippen LogP contribution in [0.3, 0.4) is 0 Å². The van der Waals surface area contributed by atoms with Crippen molar-refractivity contribution < 1.29 is 9.53 Å². The number of esters is 1. The average Bonchev–Trinajstić information content (AvgIpc) is 1.63. The van der Waals surface area contributed by atoms with E-state index in [-0.39, 0.29) is 24.8 Å². The van der Waals surface area contributed by atoms with Crippen molar-refractivity contribution in [1.82, 2.24) is 0 Å². The SMILES string of the molecule is CCOC(=O)CC(N)Cl.Cl. The van der Waals surface area contributed by atoms with Gasteiger partial charge in [-0.2, -0.15) is 0 Å². The third-order valence-electron chi connectivity index (χ3n) is 0.667. The molecule has 0 spiro atoms. The Morgan fingerprint density at radius 1 is 1.80 bits per heavy atom.